The minimum Gasteiger partial charge on any atom is -0.345 e. The van der Waals surface area contributed by atoms with Gasteiger partial charge in [-0.1, -0.05) is 24.3 Å². The van der Waals surface area contributed by atoms with E-state index in [2.05, 4.69) is 14.7 Å². The first-order valence-electron chi connectivity index (χ1n) is 9.11. The van der Waals surface area contributed by atoms with Crippen LogP contribution in [0.4, 0.5) is 5.95 Å². The predicted octanol–water partition coefficient (Wildman–Crippen LogP) is 2.56. The summed E-state index contributed by atoms with van der Waals surface area (Å²) in [6, 6.07) is 12.7. The maximum Gasteiger partial charge on any atom is 0.264 e. The van der Waals surface area contributed by atoms with Crippen LogP contribution in [0.25, 0.3) is 11.3 Å². The predicted molar refractivity (Wildman–Crippen MR) is 115 cm³/mol. The maximum absolute atomic E-state index is 12.8. The number of carbonyl (C=O) groups excluding carboxylic acids is 1. The molecule has 8 nitrogen and oxygen atoms in total. The summed E-state index contributed by atoms with van der Waals surface area (Å²) in [5.41, 5.74) is 2.70. The minimum atomic E-state index is -4.08. The van der Waals surface area contributed by atoms with E-state index in [-0.39, 0.29) is 22.3 Å². The van der Waals surface area contributed by atoms with Crippen LogP contribution in [0.15, 0.2) is 58.2 Å². The fraction of sp³-hybridized carbons (Fsp3) is 0.190. The van der Waals surface area contributed by atoms with E-state index in [0.29, 0.717) is 5.69 Å². The second-order valence-corrected chi connectivity index (χ2v) is 8.76. The number of aryl methyl sites for hydroxylation is 2. The van der Waals surface area contributed by atoms with Crippen LogP contribution in [0.1, 0.15) is 21.5 Å². The smallest absolute Gasteiger partial charge is 0.264 e. The van der Waals surface area contributed by atoms with Gasteiger partial charge in [-0.05, 0) is 43.2 Å². The first kappa shape index (κ1) is 21.3. The van der Waals surface area contributed by atoms with Crippen molar-refractivity contribution < 1.29 is 13.2 Å². The molecule has 156 valence electrons. The summed E-state index contributed by atoms with van der Waals surface area (Å²) >= 11 is 0. The number of nitrogens with zero attached hydrogens (tertiary/aromatic N) is 2. The molecule has 0 spiro atoms. The zero-order valence-corrected chi connectivity index (χ0v) is 17.9. The Balaban J connectivity index is 2.01. The average Bonchev–Trinajstić information content (AvgIpc) is 2.66. The van der Waals surface area contributed by atoms with E-state index >= 15 is 0 Å². The Labute approximate surface area is 174 Å². The van der Waals surface area contributed by atoms with Crippen molar-refractivity contribution in [3.63, 3.8) is 0 Å². The summed E-state index contributed by atoms with van der Waals surface area (Å²) < 4.78 is 28.0. The summed E-state index contributed by atoms with van der Waals surface area (Å²) in [6.45, 7) is 3.78. The van der Waals surface area contributed by atoms with Gasteiger partial charge < -0.3 is 4.90 Å². The Bertz CT molecular complexity index is 1260. The number of sulfonamides is 1. The summed E-state index contributed by atoms with van der Waals surface area (Å²) in [5.74, 6) is -0.528. The van der Waals surface area contributed by atoms with Crippen molar-refractivity contribution in [3.8, 4) is 11.3 Å². The normalized spacial score (nSPS) is 11.2. The molecular weight excluding hydrogens is 404 g/mol. The van der Waals surface area contributed by atoms with E-state index in [0.717, 1.165) is 16.7 Å². The number of amides is 1. The molecule has 1 heterocycles. The lowest BCUT2D eigenvalue weighted by Crippen LogP contribution is -2.23. The third kappa shape index (κ3) is 4.41. The highest BCUT2D eigenvalue weighted by Crippen LogP contribution is 2.25. The van der Waals surface area contributed by atoms with Gasteiger partial charge in [-0.25, -0.2) is 18.1 Å². The Kier molecular flexibility index (Phi) is 5.75. The van der Waals surface area contributed by atoms with Crippen LogP contribution in [-0.4, -0.2) is 43.3 Å². The third-order valence-corrected chi connectivity index (χ3v) is 5.84. The van der Waals surface area contributed by atoms with Gasteiger partial charge in [0.25, 0.3) is 21.5 Å². The van der Waals surface area contributed by atoms with Gasteiger partial charge in [0.15, 0.2) is 0 Å². The molecule has 0 fully saturated rings. The third-order valence-electron chi connectivity index (χ3n) is 4.51. The molecule has 0 atom stereocenters. The number of aromatic amines is 1. The molecular formula is C21H22N4O4S. The minimum absolute atomic E-state index is 0.115. The van der Waals surface area contributed by atoms with Crippen LogP contribution < -0.4 is 10.3 Å². The summed E-state index contributed by atoms with van der Waals surface area (Å²) in [6.07, 6.45) is 0. The van der Waals surface area contributed by atoms with Gasteiger partial charge in [0, 0.05) is 31.3 Å². The standard InChI is InChI=1S/C21H22N4O4S/c1-13-7-5-8-14(2)19(13)17-12-18(26)23-21(22-17)24-30(28,29)16-10-6-9-15(11-16)20(27)25(3)4/h5-12H,1-4H3,(H2,22,23,24,26). The number of nitrogens with one attached hydrogen (secondary N) is 2. The van der Waals surface area contributed by atoms with Crippen LogP contribution in [0.5, 0.6) is 0 Å². The van der Waals surface area contributed by atoms with Gasteiger partial charge in [0.1, 0.15) is 0 Å². The summed E-state index contributed by atoms with van der Waals surface area (Å²) in [4.78, 5) is 32.3. The van der Waals surface area contributed by atoms with Crippen molar-refractivity contribution >= 4 is 21.9 Å². The zero-order valence-electron chi connectivity index (χ0n) is 17.1. The van der Waals surface area contributed by atoms with E-state index in [1.807, 2.05) is 32.0 Å². The molecule has 0 bridgehead atoms. The Hall–Kier alpha value is -3.46. The number of H-pyrrole nitrogens is 1. The number of rotatable bonds is 5. The molecule has 2 aromatic carbocycles. The summed E-state index contributed by atoms with van der Waals surface area (Å²) in [5, 5.41) is 0. The number of hydrogen-bond acceptors (Lipinski definition) is 5. The van der Waals surface area contributed by atoms with Gasteiger partial charge in [0.05, 0.1) is 10.6 Å². The molecule has 2 N–H and O–H groups in total. The molecule has 0 saturated carbocycles. The zero-order chi connectivity index (χ0) is 22.1. The number of benzene rings is 2. The van der Waals surface area contributed by atoms with Crippen LogP contribution in [0, 0.1) is 13.8 Å². The van der Waals surface area contributed by atoms with Crippen LogP contribution in [-0.2, 0) is 10.0 Å². The van der Waals surface area contributed by atoms with Crippen molar-refractivity contribution in [1.29, 1.82) is 0 Å². The fourth-order valence-electron chi connectivity index (χ4n) is 3.09. The lowest BCUT2D eigenvalue weighted by atomic mass is 10.00. The van der Waals surface area contributed by atoms with Gasteiger partial charge in [0.2, 0.25) is 5.95 Å². The van der Waals surface area contributed by atoms with Crippen molar-refractivity contribution in [2.45, 2.75) is 18.7 Å². The molecule has 3 aromatic rings. The molecule has 1 aromatic heterocycles. The summed E-state index contributed by atoms with van der Waals surface area (Å²) in [7, 11) is -0.927. The monoisotopic (exact) mass is 426 g/mol. The Morgan fingerprint density at radius 1 is 1.03 bits per heavy atom. The van der Waals surface area contributed by atoms with Gasteiger partial charge in [-0.2, -0.15) is 0 Å². The SMILES string of the molecule is Cc1cccc(C)c1-c1cc(=O)[nH]c(NS(=O)(=O)c2cccc(C(=O)N(C)C)c2)n1. The second-order valence-electron chi connectivity index (χ2n) is 7.08. The first-order valence-corrected chi connectivity index (χ1v) is 10.6. The van der Waals surface area contributed by atoms with Gasteiger partial charge in [-0.3, -0.25) is 14.6 Å². The maximum atomic E-state index is 12.8. The largest absolute Gasteiger partial charge is 0.345 e. The van der Waals surface area contributed by atoms with Crippen LogP contribution in [0.3, 0.4) is 0 Å². The van der Waals surface area contributed by atoms with E-state index < -0.39 is 15.6 Å². The molecule has 0 aliphatic heterocycles. The van der Waals surface area contributed by atoms with Crippen molar-refractivity contribution in [3.05, 3.63) is 75.6 Å². The number of hydrogen-bond donors (Lipinski definition) is 2. The van der Waals surface area contributed by atoms with Gasteiger partial charge in [-0.15, -0.1) is 0 Å². The van der Waals surface area contributed by atoms with Crippen molar-refractivity contribution in [1.82, 2.24) is 14.9 Å². The molecule has 0 aliphatic carbocycles. The topological polar surface area (TPSA) is 112 Å². The van der Waals surface area contributed by atoms with Crippen LogP contribution >= 0.6 is 0 Å². The fourth-order valence-corrected chi connectivity index (χ4v) is 4.10. The lowest BCUT2D eigenvalue weighted by Gasteiger charge is -2.13. The molecule has 0 saturated heterocycles. The number of carbonyl (C=O) groups is 1. The molecule has 0 radical (unpaired) electrons. The Morgan fingerprint density at radius 3 is 2.30 bits per heavy atom. The van der Waals surface area contributed by atoms with E-state index in [1.165, 1.54) is 35.2 Å². The van der Waals surface area contributed by atoms with Gasteiger partial charge >= 0.3 is 0 Å². The average molecular weight is 426 g/mol. The molecule has 0 aliphatic rings. The van der Waals surface area contributed by atoms with Crippen molar-refractivity contribution in [2.24, 2.45) is 0 Å². The molecule has 30 heavy (non-hydrogen) atoms. The molecule has 0 unspecified atom stereocenters. The number of anilines is 1. The van der Waals surface area contributed by atoms with Crippen molar-refractivity contribution in [2.75, 3.05) is 18.8 Å². The lowest BCUT2D eigenvalue weighted by molar-refractivity contribution is 0.0827. The highest BCUT2D eigenvalue weighted by atomic mass is 32.2. The molecule has 3 rings (SSSR count). The Morgan fingerprint density at radius 2 is 1.67 bits per heavy atom. The first-order chi connectivity index (χ1) is 14.1. The molecule has 9 heteroatoms. The van der Waals surface area contributed by atoms with E-state index in [9.17, 15) is 18.0 Å². The quantitative estimate of drug-likeness (QED) is 0.651. The van der Waals surface area contributed by atoms with Crippen LogP contribution in [0.2, 0.25) is 0 Å². The second kappa shape index (κ2) is 8.11. The highest BCUT2D eigenvalue weighted by molar-refractivity contribution is 7.92. The van der Waals surface area contributed by atoms with E-state index in [1.54, 1.807) is 14.1 Å². The number of aromatic nitrogens is 2. The molecule has 1 amide bonds. The highest BCUT2D eigenvalue weighted by Gasteiger charge is 2.19. The van der Waals surface area contributed by atoms with E-state index in [4.69, 9.17) is 0 Å².